The van der Waals surface area contributed by atoms with Gasteiger partial charge in [-0.15, -0.1) is 0 Å². The van der Waals surface area contributed by atoms with Crippen molar-refractivity contribution in [3.63, 3.8) is 0 Å². The first kappa shape index (κ1) is 12.0. The zero-order chi connectivity index (χ0) is 11.6. The fraction of sp³-hybridized carbons (Fsp3) is 0.667. The number of hydrogen-bond acceptors (Lipinski definition) is 3. The zero-order valence-corrected chi connectivity index (χ0v) is 9.74. The fourth-order valence-electron chi connectivity index (χ4n) is 2.24. The van der Waals surface area contributed by atoms with E-state index >= 15 is 0 Å². The number of allylic oxidation sites excluding steroid dienone is 1. The van der Waals surface area contributed by atoms with E-state index in [1.165, 1.54) is 13.2 Å². The molecule has 0 heterocycles. The highest BCUT2D eigenvalue weighted by molar-refractivity contribution is 5.82. The Kier molecular flexibility index (Phi) is 3.32. The topological polar surface area (TPSA) is 43.4 Å². The number of rotatable bonds is 3. The molecule has 2 atom stereocenters. The van der Waals surface area contributed by atoms with Crippen molar-refractivity contribution in [2.24, 2.45) is 17.3 Å². The number of Topliss-reactive ketones (excluding diaryl/α,β-unsaturated/α-hetero) is 1. The first-order chi connectivity index (χ1) is 6.89. The van der Waals surface area contributed by atoms with E-state index in [1.54, 1.807) is 6.92 Å². The first-order valence-corrected chi connectivity index (χ1v) is 5.16. The van der Waals surface area contributed by atoms with Gasteiger partial charge in [-0.25, -0.2) is 4.79 Å². The van der Waals surface area contributed by atoms with Crippen LogP contribution in [0.4, 0.5) is 0 Å². The standard InChI is InChI=1S/C12H18O3/c1-8(13)10-7-9(12(10,2)3)5-6-11(14)15-4/h5-6,9-10H,7H2,1-4H3/b6-5+/t9-,10-/m0/s1. The summed E-state index contributed by atoms with van der Waals surface area (Å²) in [5.41, 5.74) is -0.0314. The number of hydrogen-bond donors (Lipinski definition) is 0. The van der Waals surface area contributed by atoms with Crippen LogP contribution in [0.2, 0.25) is 0 Å². The van der Waals surface area contributed by atoms with Crippen LogP contribution in [-0.4, -0.2) is 18.9 Å². The third-order valence-corrected chi connectivity index (χ3v) is 3.50. The van der Waals surface area contributed by atoms with Crippen LogP contribution in [0, 0.1) is 17.3 Å². The molecule has 0 aromatic heterocycles. The molecule has 1 aliphatic rings. The second-order valence-electron chi connectivity index (χ2n) is 4.71. The molecular formula is C12H18O3. The number of methoxy groups -OCH3 is 1. The van der Waals surface area contributed by atoms with Crippen LogP contribution in [0.1, 0.15) is 27.2 Å². The van der Waals surface area contributed by atoms with Gasteiger partial charge >= 0.3 is 5.97 Å². The summed E-state index contributed by atoms with van der Waals surface area (Å²) in [5, 5.41) is 0. The predicted molar refractivity (Wildman–Crippen MR) is 57.2 cm³/mol. The fourth-order valence-corrected chi connectivity index (χ4v) is 2.24. The average molecular weight is 210 g/mol. The van der Waals surface area contributed by atoms with Gasteiger partial charge < -0.3 is 4.74 Å². The molecule has 0 amide bonds. The van der Waals surface area contributed by atoms with Gasteiger partial charge in [0.15, 0.2) is 0 Å². The molecule has 0 saturated heterocycles. The molecule has 0 bridgehead atoms. The van der Waals surface area contributed by atoms with Gasteiger partial charge in [-0.05, 0) is 24.7 Å². The third-order valence-electron chi connectivity index (χ3n) is 3.50. The summed E-state index contributed by atoms with van der Waals surface area (Å²) < 4.78 is 4.52. The maximum atomic E-state index is 11.3. The van der Waals surface area contributed by atoms with Gasteiger partial charge in [-0.2, -0.15) is 0 Å². The second kappa shape index (κ2) is 4.17. The van der Waals surface area contributed by atoms with Gasteiger partial charge in [0.1, 0.15) is 5.78 Å². The lowest BCUT2D eigenvalue weighted by atomic mass is 9.53. The van der Waals surface area contributed by atoms with Crippen molar-refractivity contribution >= 4 is 11.8 Å². The molecule has 0 radical (unpaired) electrons. The smallest absolute Gasteiger partial charge is 0.330 e. The maximum Gasteiger partial charge on any atom is 0.330 e. The Morgan fingerprint density at radius 3 is 2.40 bits per heavy atom. The Bertz CT molecular complexity index is 302. The minimum absolute atomic E-state index is 0.0314. The highest BCUT2D eigenvalue weighted by atomic mass is 16.5. The minimum Gasteiger partial charge on any atom is -0.466 e. The van der Waals surface area contributed by atoms with Crippen LogP contribution >= 0.6 is 0 Å². The van der Waals surface area contributed by atoms with Crippen molar-refractivity contribution in [1.29, 1.82) is 0 Å². The van der Waals surface area contributed by atoms with Crippen LogP contribution in [0.15, 0.2) is 12.2 Å². The van der Waals surface area contributed by atoms with Gasteiger partial charge in [0.05, 0.1) is 7.11 Å². The summed E-state index contributed by atoms with van der Waals surface area (Å²) in [5.74, 6) is 0.329. The zero-order valence-electron chi connectivity index (χ0n) is 9.74. The molecule has 15 heavy (non-hydrogen) atoms. The van der Waals surface area contributed by atoms with Gasteiger partial charge in [0, 0.05) is 12.0 Å². The third kappa shape index (κ3) is 2.28. The molecular weight excluding hydrogens is 192 g/mol. The van der Waals surface area contributed by atoms with Crippen LogP contribution in [0.5, 0.6) is 0 Å². The number of carbonyl (C=O) groups excluding carboxylic acids is 2. The molecule has 3 heteroatoms. The largest absolute Gasteiger partial charge is 0.466 e. The van der Waals surface area contributed by atoms with Crippen molar-refractivity contribution < 1.29 is 14.3 Å². The summed E-state index contributed by atoms with van der Waals surface area (Å²) in [6, 6.07) is 0. The minimum atomic E-state index is -0.336. The van der Waals surface area contributed by atoms with Crippen molar-refractivity contribution in [1.82, 2.24) is 0 Å². The Labute approximate surface area is 90.5 Å². The molecule has 0 unspecified atom stereocenters. The van der Waals surface area contributed by atoms with Crippen molar-refractivity contribution in [2.75, 3.05) is 7.11 Å². The molecule has 1 saturated carbocycles. The maximum absolute atomic E-state index is 11.3. The molecule has 1 rings (SSSR count). The SMILES string of the molecule is COC(=O)/C=C/[C@H]1C[C@@H](C(C)=O)C1(C)C. The van der Waals surface area contributed by atoms with Crippen LogP contribution in [0.3, 0.4) is 0 Å². The normalized spacial score (nSPS) is 28.5. The Morgan fingerprint density at radius 1 is 1.40 bits per heavy atom. The molecule has 84 valence electrons. The number of carbonyl (C=O) groups is 2. The van der Waals surface area contributed by atoms with Gasteiger partial charge in [-0.1, -0.05) is 19.9 Å². The lowest BCUT2D eigenvalue weighted by Crippen LogP contribution is -2.47. The summed E-state index contributed by atoms with van der Waals surface area (Å²) in [6.07, 6.45) is 4.14. The number of esters is 1. The lowest BCUT2D eigenvalue weighted by molar-refractivity contribution is -0.135. The number of ketones is 1. The molecule has 0 spiro atoms. The van der Waals surface area contributed by atoms with E-state index in [9.17, 15) is 9.59 Å². The molecule has 1 aliphatic carbocycles. The van der Waals surface area contributed by atoms with E-state index in [0.29, 0.717) is 5.92 Å². The van der Waals surface area contributed by atoms with Crippen LogP contribution in [0.25, 0.3) is 0 Å². The average Bonchev–Trinajstić information content (AvgIpc) is 2.15. The molecule has 3 nitrogen and oxygen atoms in total. The highest BCUT2D eigenvalue weighted by Crippen LogP contribution is 2.52. The monoisotopic (exact) mass is 210 g/mol. The Balaban J connectivity index is 2.59. The van der Waals surface area contributed by atoms with Gasteiger partial charge in [-0.3, -0.25) is 4.79 Å². The molecule has 1 fully saturated rings. The predicted octanol–water partition coefficient (Wildman–Crippen LogP) is 1.97. The summed E-state index contributed by atoms with van der Waals surface area (Å²) >= 11 is 0. The van der Waals surface area contributed by atoms with E-state index in [0.717, 1.165) is 6.42 Å². The van der Waals surface area contributed by atoms with Crippen molar-refractivity contribution in [3.8, 4) is 0 Å². The van der Waals surface area contributed by atoms with Gasteiger partial charge in [0.25, 0.3) is 0 Å². The van der Waals surface area contributed by atoms with E-state index in [1.807, 2.05) is 6.08 Å². The van der Waals surface area contributed by atoms with Crippen molar-refractivity contribution in [2.45, 2.75) is 27.2 Å². The second-order valence-corrected chi connectivity index (χ2v) is 4.71. The molecule has 0 N–H and O–H groups in total. The quantitative estimate of drug-likeness (QED) is 0.528. The Morgan fingerprint density at radius 2 is 2.00 bits per heavy atom. The molecule has 0 aliphatic heterocycles. The van der Waals surface area contributed by atoms with Crippen LogP contribution < -0.4 is 0 Å². The van der Waals surface area contributed by atoms with Crippen molar-refractivity contribution in [3.05, 3.63) is 12.2 Å². The summed E-state index contributed by atoms with van der Waals surface area (Å²) in [4.78, 5) is 22.2. The number of ether oxygens (including phenoxy) is 1. The van der Waals surface area contributed by atoms with Crippen LogP contribution in [-0.2, 0) is 14.3 Å². The van der Waals surface area contributed by atoms with E-state index in [-0.39, 0.29) is 23.1 Å². The highest BCUT2D eigenvalue weighted by Gasteiger charge is 2.48. The van der Waals surface area contributed by atoms with E-state index in [2.05, 4.69) is 18.6 Å². The molecule has 0 aromatic carbocycles. The summed E-state index contributed by atoms with van der Waals surface area (Å²) in [6.45, 7) is 5.76. The molecule has 0 aromatic rings. The summed E-state index contributed by atoms with van der Waals surface area (Å²) in [7, 11) is 1.36. The first-order valence-electron chi connectivity index (χ1n) is 5.16. The lowest BCUT2D eigenvalue weighted by Gasteiger charge is -2.49. The van der Waals surface area contributed by atoms with E-state index in [4.69, 9.17) is 0 Å². The van der Waals surface area contributed by atoms with E-state index < -0.39 is 0 Å². The Hall–Kier alpha value is -1.12. The van der Waals surface area contributed by atoms with Gasteiger partial charge in [0.2, 0.25) is 0 Å².